The van der Waals surface area contributed by atoms with Crippen molar-refractivity contribution in [3.05, 3.63) is 66.2 Å². The summed E-state index contributed by atoms with van der Waals surface area (Å²) in [5.41, 5.74) is 3.20. The van der Waals surface area contributed by atoms with Gasteiger partial charge in [-0.25, -0.2) is 4.98 Å². The number of ether oxygens (including phenoxy) is 1. The maximum absolute atomic E-state index is 5.29. The van der Waals surface area contributed by atoms with Crippen LogP contribution in [-0.4, -0.2) is 29.7 Å². The van der Waals surface area contributed by atoms with Gasteiger partial charge in [-0.1, -0.05) is 49.4 Å². The van der Waals surface area contributed by atoms with E-state index in [4.69, 9.17) is 9.72 Å². The first-order chi connectivity index (χ1) is 13.7. The van der Waals surface area contributed by atoms with Crippen LogP contribution in [0.4, 0.5) is 11.8 Å². The van der Waals surface area contributed by atoms with Crippen molar-refractivity contribution in [3.63, 3.8) is 0 Å². The van der Waals surface area contributed by atoms with Crippen LogP contribution >= 0.6 is 0 Å². The second-order valence-electron chi connectivity index (χ2n) is 6.81. The highest BCUT2D eigenvalue weighted by atomic mass is 16.5. The summed E-state index contributed by atoms with van der Waals surface area (Å²) in [7, 11) is 1.69. The molecule has 0 saturated heterocycles. The first-order valence-electron chi connectivity index (χ1n) is 9.75. The van der Waals surface area contributed by atoms with Crippen molar-refractivity contribution in [1.29, 1.82) is 0 Å². The van der Waals surface area contributed by atoms with E-state index < -0.39 is 0 Å². The lowest BCUT2D eigenvalue weighted by Gasteiger charge is -2.15. The Morgan fingerprint density at radius 1 is 1.00 bits per heavy atom. The Morgan fingerprint density at radius 3 is 2.57 bits per heavy atom. The average molecular weight is 377 g/mol. The molecule has 1 aromatic heterocycles. The Bertz CT molecular complexity index is 883. The summed E-state index contributed by atoms with van der Waals surface area (Å²) in [5, 5.41) is 6.83. The molecule has 146 valence electrons. The molecule has 0 radical (unpaired) electrons. The molecular formula is C23H28N4O. The van der Waals surface area contributed by atoms with Crippen molar-refractivity contribution in [2.24, 2.45) is 0 Å². The van der Waals surface area contributed by atoms with Crippen LogP contribution in [0.3, 0.4) is 0 Å². The minimum atomic E-state index is 0.350. The molecule has 0 bridgehead atoms. The first-order valence-corrected chi connectivity index (χ1v) is 9.75. The molecule has 2 N–H and O–H groups in total. The van der Waals surface area contributed by atoms with Gasteiger partial charge in [0.25, 0.3) is 0 Å². The number of rotatable bonds is 9. The van der Waals surface area contributed by atoms with Crippen molar-refractivity contribution in [3.8, 4) is 17.0 Å². The lowest BCUT2D eigenvalue weighted by atomic mass is 10.1. The van der Waals surface area contributed by atoms with Gasteiger partial charge in [0.05, 0.1) is 12.8 Å². The van der Waals surface area contributed by atoms with E-state index in [2.05, 4.69) is 53.7 Å². The summed E-state index contributed by atoms with van der Waals surface area (Å²) < 4.78 is 5.29. The van der Waals surface area contributed by atoms with E-state index in [1.165, 1.54) is 5.56 Å². The number of nitrogens with zero attached hydrogens (tertiary/aromatic N) is 2. The second-order valence-corrected chi connectivity index (χ2v) is 6.81. The highest BCUT2D eigenvalue weighted by Gasteiger charge is 2.08. The number of hydrogen-bond donors (Lipinski definition) is 2. The predicted molar refractivity (Wildman–Crippen MR) is 116 cm³/mol. The number of aromatic nitrogens is 2. The lowest BCUT2D eigenvalue weighted by Crippen LogP contribution is -2.16. The number of hydrogen-bond acceptors (Lipinski definition) is 5. The Kier molecular flexibility index (Phi) is 6.84. The van der Waals surface area contributed by atoms with Crippen LogP contribution in [0, 0.1) is 0 Å². The average Bonchev–Trinajstić information content (AvgIpc) is 2.74. The van der Waals surface area contributed by atoms with E-state index in [0.29, 0.717) is 12.0 Å². The van der Waals surface area contributed by atoms with Gasteiger partial charge in [0, 0.05) is 24.2 Å². The van der Waals surface area contributed by atoms with Gasteiger partial charge in [-0.2, -0.15) is 4.98 Å². The van der Waals surface area contributed by atoms with E-state index in [-0.39, 0.29) is 0 Å². The minimum absolute atomic E-state index is 0.350. The van der Waals surface area contributed by atoms with Gasteiger partial charge in [-0.05, 0) is 37.5 Å². The molecule has 0 spiro atoms. The normalized spacial score (nSPS) is 11.7. The van der Waals surface area contributed by atoms with Crippen LogP contribution in [0.25, 0.3) is 11.3 Å². The van der Waals surface area contributed by atoms with Crippen LogP contribution in [0.5, 0.6) is 5.75 Å². The summed E-state index contributed by atoms with van der Waals surface area (Å²) in [6.07, 6.45) is 1.90. The molecule has 1 unspecified atom stereocenters. The maximum Gasteiger partial charge on any atom is 0.225 e. The van der Waals surface area contributed by atoms with Crippen LogP contribution in [-0.2, 0) is 6.42 Å². The Morgan fingerprint density at radius 2 is 1.82 bits per heavy atom. The summed E-state index contributed by atoms with van der Waals surface area (Å²) >= 11 is 0. The standard InChI is InChI=1S/C23H28N4O/c1-4-17(2)25-22-16-21(19-10-6-5-7-11-19)26-23(27-22)24-14-13-18-9-8-12-20(15-18)28-3/h5-12,15-17H,4,13-14H2,1-3H3,(H2,24,25,26,27). The SMILES string of the molecule is CCC(C)Nc1cc(-c2ccccc2)nc(NCCc2cccc(OC)c2)n1. The molecule has 1 atom stereocenters. The molecule has 28 heavy (non-hydrogen) atoms. The van der Waals surface area contributed by atoms with Crippen molar-refractivity contribution >= 4 is 11.8 Å². The molecule has 5 heteroatoms. The third-order valence-electron chi connectivity index (χ3n) is 4.63. The van der Waals surface area contributed by atoms with E-state index >= 15 is 0 Å². The zero-order valence-electron chi connectivity index (χ0n) is 16.8. The highest BCUT2D eigenvalue weighted by molar-refractivity contribution is 5.64. The quantitative estimate of drug-likeness (QED) is 0.549. The minimum Gasteiger partial charge on any atom is -0.497 e. The Balaban J connectivity index is 1.75. The summed E-state index contributed by atoms with van der Waals surface area (Å²) in [6, 6.07) is 20.7. The summed E-state index contributed by atoms with van der Waals surface area (Å²) in [4.78, 5) is 9.37. The summed E-state index contributed by atoms with van der Waals surface area (Å²) in [5.74, 6) is 2.35. The topological polar surface area (TPSA) is 59.1 Å². The van der Waals surface area contributed by atoms with Crippen LogP contribution in [0.2, 0.25) is 0 Å². The van der Waals surface area contributed by atoms with E-state index in [0.717, 1.165) is 42.2 Å². The van der Waals surface area contributed by atoms with Gasteiger partial charge in [0.1, 0.15) is 11.6 Å². The van der Waals surface area contributed by atoms with E-state index in [9.17, 15) is 0 Å². The zero-order chi connectivity index (χ0) is 19.8. The van der Waals surface area contributed by atoms with E-state index in [1.807, 2.05) is 36.4 Å². The van der Waals surface area contributed by atoms with Crippen molar-refractivity contribution in [1.82, 2.24) is 9.97 Å². The van der Waals surface area contributed by atoms with Crippen molar-refractivity contribution in [2.75, 3.05) is 24.3 Å². The van der Waals surface area contributed by atoms with Crippen molar-refractivity contribution < 1.29 is 4.74 Å². The molecule has 1 heterocycles. The molecule has 0 saturated carbocycles. The van der Waals surface area contributed by atoms with Gasteiger partial charge in [0.2, 0.25) is 5.95 Å². The smallest absolute Gasteiger partial charge is 0.225 e. The zero-order valence-corrected chi connectivity index (χ0v) is 16.8. The molecule has 3 aromatic rings. The molecule has 0 amide bonds. The summed E-state index contributed by atoms with van der Waals surface area (Å²) in [6.45, 7) is 5.05. The fourth-order valence-electron chi connectivity index (χ4n) is 2.86. The Labute approximate surface area is 167 Å². The van der Waals surface area contributed by atoms with Crippen LogP contribution in [0.15, 0.2) is 60.7 Å². The monoisotopic (exact) mass is 376 g/mol. The van der Waals surface area contributed by atoms with Crippen LogP contribution in [0.1, 0.15) is 25.8 Å². The molecule has 3 rings (SSSR count). The molecule has 0 aliphatic rings. The fourth-order valence-corrected chi connectivity index (χ4v) is 2.86. The number of anilines is 2. The fraction of sp³-hybridized carbons (Fsp3) is 0.304. The molecule has 5 nitrogen and oxygen atoms in total. The third kappa shape index (κ3) is 5.46. The van der Waals surface area contributed by atoms with E-state index in [1.54, 1.807) is 7.11 Å². The van der Waals surface area contributed by atoms with Gasteiger partial charge in [-0.15, -0.1) is 0 Å². The molecule has 0 fully saturated rings. The maximum atomic E-state index is 5.29. The lowest BCUT2D eigenvalue weighted by molar-refractivity contribution is 0.414. The number of nitrogens with one attached hydrogen (secondary N) is 2. The Hall–Kier alpha value is -3.08. The number of methoxy groups -OCH3 is 1. The molecular weight excluding hydrogens is 348 g/mol. The third-order valence-corrected chi connectivity index (χ3v) is 4.63. The van der Waals surface area contributed by atoms with Crippen LogP contribution < -0.4 is 15.4 Å². The van der Waals surface area contributed by atoms with Gasteiger partial charge >= 0.3 is 0 Å². The van der Waals surface area contributed by atoms with Crippen molar-refractivity contribution in [2.45, 2.75) is 32.7 Å². The predicted octanol–water partition coefficient (Wildman–Crippen LogP) is 5.02. The molecule has 0 aliphatic carbocycles. The van der Waals surface area contributed by atoms with Gasteiger partial charge in [-0.3, -0.25) is 0 Å². The van der Waals surface area contributed by atoms with Gasteiger partial charge in [0.15, 0.2) is 0 Å². The molecule has 0 aliphatic heterocycles. The number of benzene rings is 2. The second kappa shape index (κ2) is 9.74. The molecule has 2 aromatic carbocycles. The highest BCUT2D eigenvalue weighted by Crippen LogP contribution is 2.22. The van der Waals surface area contributed by atoms with Gasteiger partial charge < -0.3 is 15.4 Å². The largest absolute Gasteiger partial charge is 0.497 e. The first kappa shape index (κ1) is 19.7.